The Labute approximate surface area is 152 Å². The molecular weight excluding hydrogens is 336 g/mol. The van der Waals surface area contributed by atoms with Gasteiger partial charge >= 0.3 is 0 Å². The summed E-state index contributed by atoms with van der Waals surface area (Å²) in [7, 11) is 0. The SMILES string of the molecule is CC(C)c1noc([C@H](NC(=O)COc2cccnc2)C2CCOCC2)n1. The third kappa shape index (κ3) is 4.78. The number of pyridine rings is 1. The molecule has 8 heteroatoms. The summed E-state index contributed by atoms with van der Waals surface area (Å²) in [4.78, 5) is 20.8. The number of carbonyl (C=O) groups excluding carboxylic acids is 1. The van der Waals surface area contributed by atoms with Gasteiger partial charge in [0.2, 0.25) is 5.89 Å². The van der Waals surface area contributed by atoms with E-state index < -0.39 is 0 Å². The van der Waals surface area contributed by atoms with Crippen molar-refractivity contribution < 1.29 is 18.8 Å². The van der Waals surface area contributed by atoms with Gasteiger partial charge in [0.1, 0.15) is 11.8 Å². The van der Waals surface area contributed by atoms with E-state index in [1.54, 1.807) is 24.5 Å². The van der Waals surface area contributed by atoms with Crippen molar-refractivity contribution in [3.63, 3.8) is 0 Å². The number of aromatic nitrogens is 3. The molecule has 0 unspecified atom stereocenters. The quantitative estimate of drug-likeness (QED) is 0.808. The number of hydrogen-bond acceptors (Lipinski definition) is 7. The van der Waals surface area contributed by atoms with Crippen molar-refractivity contribution >= 4 is 5.91 Å². The normalized spacial score (nSPS) is 16.4. The van der Waals surface area contributed by atoms with Crippen LogP contribution in [0.25, 0.3) is 0 Å². The third-order valence-electron chi connectivity index (χ3n) is 4.30. The number of ether oxygens (including phenoxy) is 2. The van der Waals surface area contributed by atoms with E-state index in [0.29, 0.717) is 30.7 Å². The summed E-state index contributed by atoms with van der Waals surface area (Å²) in [6, 6.07) is 3.16. The van der Waals surface area contributed by atoms with E-state index >= 15 is 0 Å². The number of carbonyl (C=O) groups is 1. The van der Waals surface area contributed by atoms with Crippen LogP contribution in [0.2, 0.25) is 0 Å². The van der Waals surface area contributed by atoms with Crippen LogP contribution in [0, 0.1) is 5.92 Å². The minimum absolute atomic E-state index is 0.101. The lowest BCUT2D eigenvalue weighted by molar-refractivity contribution is -0.124. The van der Waals surface area contributed by atoms with Crippen LogP contribution in [0.15, 0.2) is 29.0 Å². The molecule has 0 saturated carbocycles. The molecular formula is C18H24N4O4. The topological polar surface area (TPSA) is 99.4 Å². The van der Waals surface area contributed by atoms with E-state index in [0.717, 1.165) is 12.8 Å². The number of nitrogens with zero attached hydrogens (tertiary/aromatic N) is 3. The summed E-state index contributed by atoms with van der Waals surface area (Å²) in [5, 5.41) is 7.01. The van der Waals surface area contributed by atoms with Gasteiger partial charge in [0, 0.05) is 25.3 Å². The van der Waals surface area contributed by atoms with Crippen LogP contribution in [-0.2, 0) is 9.53 Å². The second-order valence-corrected chi connectivity index (χ2v) is 6.62. The van der Waals surface area contributed by atoms with Gasteiger partial charge in [-0.2, -0.15) is 4.98 Å². The molecule has 1 aliphatic heterocycles. The Morgan fingerprint density at radius 3 is 2.85 bits per heavy atom. The van der Waals surface area contributed by atoms with Gasteiger partial charge in [-0.05, 0) is 30.9 Å². The van der Waals surface area contributed by atoms with Gasteiger partial charge in [0.05, 0.1) is 6.20 Å². The first-order valence-electron chi connectivity index (χ1n) is 8.87. The Kier molecular flexibility index (Phi) is 6.17. The van der Waals surface area contributed by atoms with Crippen molar-refractivity contribution in [1.82, 2.24) is 20.4 Å². The predicted octanol–water partition coefficient (Wildman–Crippen LogP) is 2.25. The van der Waals surface area contributed by atoms with Gasteiger partial charge in [-0.15, -0.1) is 0 Å². The summed E-state index contributed by atoms with van der Waals surface area (Å²) in [5.74, 6) is 1.73. The number of rotatable bonds is 7. The van der Waals surface area contributed by atoms with E-state index in [1.807, 2.05) is 13.8 Å². The van der Waals surface area contributed by atoms with Gasteiger partial charge in [0.25, 0.3) is 5.91 Å². The molecule has 2 aromatic rings. The molecule has 1 saturated heterocycles. The molecule has 0 spiro atoms. The zero-order valence-corrected chi connectivity index (χ0v) is 15.1. The van der Waals surface area contributed by atoms with Crippen molar-refractivity contribution in [2.75, 3.05) is 19.8 Å². The summed E-state index contributed by atoms with van der Waals surface area (Å²) in [6.07, 6.45) is 4.87. The maximum absolute atomic E-state index is 12.4. The Bertz CT molecular complexity index is 698. The number of amides is 1. The average Bonchev–Trinajstić information content (AvgIpc) is 3.16. The van der Waals surface area contributed by atoms with Crippen molar-refractivity contribution in [3.05, 3.63) is 36.2 Å². The van der Waals surface area contributed by atoms with E-state index in [4.69, 9.17) is 14.0 Å². The van der Waals surface area contributed by atoms with E-state index in [2.05, 4.69) is 20.4 Å². The number of hydrogen-bond donors (Lipinski definition) is 1. The van der Waals surface area contributed by atoms with Crippen molar-refractivity contribution in [2.45, 2.75) is 38.6 Å². The van der Waals surface area contributed by atoms with Gasteiger partial charge in [0.15, 0.2) is 12.4 Å². The standard InChI is InChI=1S/C18H24N4O4/c1-12(2)17-21-18(26-22-17)16(13-5-8-24-9-6-13)20-15(23)11-25-14-4-3-7-19-10-14/h3-4,7,10,12-13,16H,5-6,8-9,11H2,1-2H3,(H,20,23)/t16-/m1/s1. The fraction of sp³-hybridized carbons (Fsp3) is 0.556. The molecule has 0 aliphatic carbocycles. The van der Waals surface area contributed by atoms with Crippen LogP contribution < -0.4 is 10.1 Å². The summed E-state index contributed by atoms with van der Waals surface area (Å²) in [5.41, 5.74) is 0. The lowest BCUT2D eigenvalue weighted by Gasteiger charge is -2.28. The molecule has 3 heterocycles. The van der Waals surface area contributed by atoms with E-state index in [-0.39, 0.29) is 30.4 Å². The Hall–Kier alpha value is -2.48. The third-order valence-corrected chi connectivity index (χ3v) is 4.30. The van der Waals surface area contributed by atoms with Crippen LogP contribution in [0.5, 0.6) is 5.75 Å². The molecule has 8 nitrogen and oxygen atoms in total. The zero-order chi connectivity index (χ0) is 18.4. The highest BCUT2D eigenvalue weighted by Gasteiger charge is 2.31. The van der Waals surface area contributed by atoms with Crippen molar-refractivity contribution in [3.8, 4) is 5.75 Å². The average molecular weight is 360 g/mol. The maximum atomic E-state index is 12.4. The molecule has 1 amide bonds. The maximum Gasteiger partial charge on any atom is 0.258 e. The largest absolute Gasteiger partial charge is 0.482 e. The van der Waals surface area contributed by atoms with E-state index in [1.165, 1.54) is 0 Å². The molecule has 0 aromatic carbocycles. The monoisotopic (exact) mass is 360 g/mol. The van der Waals surface area contributed by atoms with Crippen LogP contribution >= 0.6 is 0 Å². The van der Waals surface area contributed by atoms with Crippen LogP contribution in [0.1, 0.15) is 50.4 Å². The molecule has 140 valence electrons. The second-order valence-electron chi connectivity index (χ2n) is 6.62. The van der Waals surface area contributed by atoms with Crippen LogP contribution in [-0.4, -0.2) is 40.9 Å². The lowest BCUT2D eigenvalue weighted by Crippen LogP contribution is -2.38. The molecule has 1 aliphatic rings. The Balaban J connectivity index is 1.67. The second kappa shape index (κ2) is 8.75. The molecule has 1 atom stereocenters. The smallest absolute Gasteiger partial charge is 0.258 e. The summed E-state index contributed by atoms with van der Waals surface area (Å²) < 4.78 is 16.3. The first-order valence-corrected chi connectivity index (χ1v) is 8.87. The fourth-order valence-corrected chi connectivity index (χ4v) is 2.83. The van der Waals surface area contributed by atoms with Gasteiger partial charge < -0.3 is 19.3 Å². The lowest BCUT2D eigenvalue weighted by atomic mass is 9.91. The molecule has 1 fully saturated rings. The highest BCUT2D eigenvalue weighted by atomic mass is 16.5. The van der Waals surface area contributed by atoms with Crippen LogP contribution in [0.4, 0.5) is 0 Å². The summed E-state index contributed by atoms with van der Waals surface area (Å²) >= 11 is 0. The molecule has 3 rings (SSSR count). The van der Waals surface area contributed by atoms with Crippen molar-refractivity contribution in [1.29, 1.82) is 0 Å². The highest BCUT2D eigenvalue weighted by Crippen LogP contribution is 2.30. The molecule has 0 bridgehead atoms. The molecule has 2 aromatic heterocycles. The van der Waals surface area contributed by atoms with Gasteiger partial charge in [-0.1, -0.05) is 19.0 Å². The molecule has 0 radical (unpaired) electrons. The van der Waals surface area contributed by atoms with Crippen molar-refractivity contribution in [2.24, 2.45) is 5.92 Å². The highest BCUT2D eigenvalue weighted by molar-refractivity contribution is 5.77. The predicted molar refractivity (Wildman–Crippen MR) is 92.5 cm³/mol. The van der Waals surface area contributed by atoms with E-state index in [9.17, 15) is 4.79 Å². The first kappa shape index (κ1) is 18.3. The minimum atomic E-state index is -0.344. The zero-order valence-electron chi connectivity index (χ0n) is 15.1. The van der Waals surface area contributed by atoms with Gasteiger partial charge in [-0.25, -0.2) is 0 Å². The molecule has 1 N–H and O–H groups in total. The Morgan fingerprint density at radius 2 is 2.19 bits per heavy atom. The van der Waals surface area contributed by atoms with Gasteiger partial charge in [-0.3, -0.25) is 9.78 Å². The minimum Gasteiger partial charge on any atom is -0.482 e. The fourth-order valence-electron chi connectivity index (χ4n) is 2.83. The summed E-state index contributed by atoms with van der Waals surface area (Å²) in [6.45, 7) is 5.22. The number of nitrogens with one attached hydrogen (secondary N) is 1. The van der Waals surface area contributed by atoms with Crippen LogP contribution in [0.3, 0.4) is 0 Å². The Morgan fingerprint density at radius 1 is 1.38 bits per heavy atom. The molecule has 26 heavy (non-hydrogen) atoms. The first-order chi connectivity index (χ1) is 12.6.